The minimum absolute atomic E-state index is 0.0618. The smallest absolute Gasteiger partial charge is 0.445 e. The van der Waals surface area contributed by atoms with Crippen LogP contribution in [0.3, 0.4) is 0 Å². The third-order valence-electron chi connectivity index (χ3n) is 5.86. The lowest BCUT2D eigenvalue weighted by molar-refractivity contribution is -0.140. The van der Waals surface area contributed by atoms with Gasteiger partial charge in [0.1, 0.15) is 12.4 Å². The van der Waals surface area contributed by atoms with Gasteiger partial charge in [0.25, 0.3) is 0 Å². The van der Waals surface area contributed by atoms with Gasteiger partial charge >= 0.3 is 19.4 Å². The van der Waals surface area contributed by atoms with Gasteiger partial charge in [-0.25, -0.2) is 9.18 Å². The zero-order valence-electron chi connectivity index (χ0n) is 19.3. The van der Waals surface area contributed by atoms with Gasteiger partial charge < -0.3 is 19.4 Å². The number of carbonyl (C=O) groups excluding carboxylic acids is 1. The second-order valence-corrected chi connectivity index (χ2v) is 8.96. The quantitative estimate of drug-likeness (QED) is 0.421. The number of hydrogen-bond acceptors (Lipinski definition) is 4. The number of alkyl carbamates (subject to hydrolysis) is 1. The predicted octanol–water partition coefficient (Wildman–Crippen LogP) is 5.79. The van der Waals surface area contributed by atoms with Crippen LogP contribution in [0.5, 0.6) is 0 Å². The Kier molecular flexibility index (Phi) is 7.42. The lowest BCUT2D eigenvalue weighted by Crippen LogP contribution is -2.41. The minimum Gasteiger partial charge on any atom is -0.445 e. The van der Waals surface area contributed by atoms with E-state index in [1.54, 1.807) is 0 Å². The van der Waals surface area contributed by atoms with Crippen LogP contribution in [0.25, 0.3) is 6.08 Å². The Bertz CT molecular complexity index is 1040. The highest BCUT2D eigenvalue weighted by Gasteiger charge is 2.52. The SMILES string of the molecule is CC1(C)OB(C(=Cc2ccc(C(F)(F)F)c(F)c2)CNC(=O)OCc2ccccc2)OC1(C)C. The van der Waals surface area contributed by atoms with E-state index in [0.717, 1.165) is 17.7 Å². The number of benzene rings is 2. The molecule has 1 saturated heterocycles. The predicted molar refractivity (Wildman–Crippen MR) is 120 cm³/mol. The van der Waals surface area contributed by atoms with Gasteiger partial charge in [-0.2, -0.15) is 13.2 Å². The number of rotatable bonds is 6. The normalized spacial score (nSPS) is 17.5. The lowest BCUT2D eigenvalue weighted by atomic mass is 9.77. The van der Waals surface area contributed by atoms with Gasteiger partial charge in [0.2, 0.25) is 0 Å². The number of hydrogen-bond donors (Lipinski definition) is 1. The van der Waals surface area contributed by atoms with Crippen molar-refractivity contribution in [3.8, 4) is 0 Å². The summed E-state index contributed by atoms with van der Waals surface area (Å²) in [5.74, 6) is -1.40. The Morgan fingerprint density at radius 3 is 2.24 bits per heavy atom. The zero-order chi connectivity index (χ0) is 25.1. The van der Waals surface area contributed by atoms with E-state index in [2.05, 4.69) is 5.32 Å². The lowest BCUT2D eigenvalue weighted by Gasteiger charge is -2.32. The summed E-state index contributed by atoms with van der Waals surface area (Å²) in [5.41, 5.74) is -1.40. The summed E-state index contributed by atoms with van der Waals surface area (Å²) in [4.78, 5) is 12.2. The van der Waals surface area contributed by atoms with Gasteiger partial charge in [-0.15, -0.1) is 0 Å². The van der Waals surface area contributed by atoms with Crippen LogP contribution < -0.4 is 5.32 Å². The molecule has 34 heavy (non-hydrogen) atoms. The van der Waals surface area contributed by atoms with Crippen LogP contribution >= 0.6 is 0 Å². The average Bonchev–Trinajstić information content (AvgIpc) is 2.96. The van der Waals surface area contributed by atoms with Crippen LogP contribution in [0.15, 0.2) is 54.0 Å². The summed E-state index contributed by atoms with van der Waals surface area (Å²) in [7, 11) is -0.912. The topological polar surface area (TPSA) is 56.8 Å². The molecule has 0 bridgehead atoms. The number of nitrogens with one attached hydrogen (secondary N) is 1. The van der Waals surface area contributed by atoms with Gasteiger partial charge in [-0.3, -0.25) is 0 Å². The fourth-order valence-electron chi connectivity index (χ4n) is 3.21. The Morgan fingerprint density at radius 1 is 1.06 bits per heavy atom. The maximum absolute atomic E-state index is 14.1. The molecule has 0 radical (unpaired) electrons. The first-order valence-corrected chi connectivity index (χ1v) is 10.7. The molecule has 1 aliphatic rings. The van der Waals surface area contributed by atoms with Gasteiger partial charge in [0.15, 0.2) is 0 Å². The van der Waals surface area contributed by atoms with E-state index < -0.39 is 42.0 Å². The molecular formula is C24H26BF4NO4. The Morgan fingerprint density at radius 2 is 1.68 bits per heavy atom. The molecule has 0 aliphatic carbocycles. The second kappa shape index (κ2) is 9.80. The van der Waals surface area contributed by atoms with Crippen molar-refractivity contribution in [2.45, 2.75) is 51.7 Å². The van der Waals surface area contributed by atoms with E-state index in [1.807, 2.05) is 58.0 Å². The first-order valence-electron chi connectivity index (χ1n) is 10.7. The van der Waals surface area contributed by atoms with Gasteiger partial charge in [0.05, 0.1) is 16.8 Å². The van der Waals surface area contributed by atoms with Crippen molar-refractivity contribution in [3.05, 3.63) is 76.5 Å². The van der Waals surface area contributed by atoms with Crippen LogP contribution in [0, 0.1) is 5.82 Å². The molecule has 1 heterocycles. The average molecular weight is 479 g/mol. The largest absolute Gasteiger partial charge is 0.492 e. The molecule has 0 aromatic heterocycles. The summed E-state index contributed by atoms with van der Waals surface area (Å²) >= 11 is 0. The summed E-state index contributed by atoms with van der Waals surface area (Å²) in [6.45, 7) is 7.32. The van der Waals surface area contributed by atoms with E-state index in [0.29, 0.717) is 11.5 Å². The summed E-state index contributed by atoms with van der Waals surface area (Å²) < 4.78 is 70.0. The fraction of sp³-hybridized carbons (Fsp3) is 0.375. The summed E-state index contributed by atoms with van der Waals surface area (Å²) in [6.07, 6.45) is -4.07. The standard InChI is InChI=1S/C24H26BF4NO4/c1-22(2)23(3,4)34-25(33-22)18(12-17-10-11-19(20(26)13-17)24(27,28)29)14-30-21(31)32-15-16-8-6-5-7-9-16/h5-13H,14-15H2,1-4H3,(H,30,31). The molecule has 182 valence electrons. The van der Waals surface area contributed by atoms with Crippen molar-refractivity contribution in [2.75, 3.05) is 6.54 Å². The highest BCUT2D eigenvalue weighted by Crippen LogP contribution is 2.39. The van der Waals surface area contributed by atoms with Crippen molar-refractivity contribution in [1.82, 2.24) is 5.32 Å². The molecule has 0 atom stereocenters. The van der Waals surface area contributed by atoms with Crippen molar-refractivity contribution in [2.24, 2.45) is 0 Å². The number of carbonyl (C=O) groups is 1. The highest BCUT2D eigenvalue weighted by atomic mass is 19.4. The number of ether oxygens (including phenoxy) is 1. The van der Waals surface area contributed by atoms with Gasteiger partial charge in [-0.1, -0.05) is 42.5 Å². The van der Waals surface area contributed by atoms with Crippen molar-refractivity contribution in [3.63, 3.8) is 0 Å². The van der Waals surface area contributed by atoms with Crippen LogP contribution in [0.2, 0.25) is 0 Å². The molecule has 1 fully saturated rings. The zero-order valence-corrected chi connectivity index (χ0v) is 19.3. The molecule has 1 N–H and O–H groups in total. The van der Waals surface area contributed by atoms with Crippen LogP contribution in [-0.2, 0) is 26.8 Å². The maximum Gasteiger partial charge on any atom is 0.492 e. The molecule has 3 rings (SSSR count). The molecule has 0 saturated carbocycles. The first-order chi connectivity index (χ1) is 15.8. The minimum atomic E-state index is -4.80. The fourth-order valence-corrected chi connectivity index (χ4v) is 3.21. The molecule has 2 aromatic rings. The summed E-state index contributed by atoms with van der Waals surface area (Å²) in [6, 6.07) is 11.7. The second-order valence-electron chi connectivity index (χ2n) is 8.96. The summed E-state index contributed by atoms with van der Waals surface area (Å²) in [5, 5.41) is 2.59. The monoisotopic (exact) mass is 479 g/mol. The third-order valence-corrected chi connectivity index (χ3v) is 5.86. The molecule has 0 unspecified atom stereocenters. The number of halogens is 4. The van der Waals surface area contributed by atoms with E-state index in [-0.39, 0.29) is 18.7 Å². The maximum atomic E-state index is 14.1. The van der Waals surface area contributed by atoms with Crippen LogP contribution in [0.4, 0.5) is 22.4 Å². The molecule has 5 nitrogen and oxygen atoms in total. The number of amides is 1. The van der Waals surface area contributed by atoms with Crippen LogP contribution in [-0.4, -0.2) is 31.0 Å². The van der Waals surface area contributed by atoms with Gasteiger partial charge in [-0.05, 0) is 56.4 Å². The van der Waals surface area contributed by atoms with E-state index in [4.69, 9.17) is 14.0 Å². The van der Waals surface area contributed by atoms with Crippen molar-refractivity contribution in [1.29, 1.82) is 0 Å². The molecule has 1 aliphatic heterocycles. The van der Waals surface area contributed by atoms with Crippen LogP contribution in [0.1, 0.15) is 44.4 Å². The van der Waals surface area contributed by atoms with Gasteiger partial charge in [0, 0.05) is 6.54 Å². The first kappa shape index (κ1) is 25.8. The molecule has 2 aromatic carbocycles. The van der Waals surface area contributed by atoms with Crippen molar-refractivity contribution >= 4 is 19.3 Å². The Balaban J connectivity index is 1.79. The van der Waals surface area contributed by atoms with E-state index >= 15 is 0 Å². The van der Waals surface area contributed by atoms with Crippen molar-refractivity contribution < 1.29 is 36.4 Å². The number of alkyl halides is 3. The highest BCUT2D eigenvalue weighted by molar-refractivity contribution is 6.56. The molecule has 1 amide bonds. The Hall–Kier alpha value is -2.85. The molecule has 10 heteroatoms. The van der Waals surface area contributed by atoms with E-state index in [9.17, 15) is 22.4 Å². The van der Waals surface area contributed by atoms with E-state index in [1.165, 1.54) is 6.08 Å². The third kappa shape index (κ3) is 6.18. The molecule has 0 spiro atoms. The Labute approximate surface area is 196 Å². The molecular weight excluding hydrogens is 453 g/mol.